The third-order valence-corrected chi connectivity index (χ3v) is 2.65. The summed E-state index contributed by atoms with van der Waals surface area (Å²) in [5, 5.41) is 9.22. The fraction of sp³-hybridized carbons (Fsp3) is 0.583. The SMILES string of the molecule is CC(C)CNC(=O)C(C)NC(=O)c1cnn(C)c1N. The zero-order valence-electron chi connectivity index (χ0n) is 11.7. The fourth-order valence-electron chi connectivity index (χ4n) is 1.42. The minimum Gasteiger partial charge on any atom is -0.383 e. The molecule has 7 nitrogen and oxygen atoms in total. The molecule has 1 heterocycles. The van der Waals surface area contributed by atoms with Gasteiger partial charge in [-0.15, -0.1) is 0 Å². The van der Waals surface area contributed by atoms with E-state index in [9.17, 15) is 9.59 Å². The highest BCUT2D eigenvalue weighted by atomic mass is 16.2. The maximum atomic E-state index is 11.9. The van der Waals surface area contributed by atoms with Gasteiger partial charge >= 0.3 is 0 Å². The summed E-state index contributed by atoms with van der Waals surface area (Å²) in [5.41, 5.74) is 5.96. The van der Waals surface area contributed by atoms with Crippen LogP contribution in [0.5, 0.6) is 0 Å². The van der Waals surface area contributed by atoms with Gasteiger partial charge in [-0.3, -0.25) is 14.3 Å². The zero-order valence-corrected chi connectivity index (χ0v) is 11.7. The molecule has 19 heavy (non-hydrogen) atoms. The largest absolute Gasteiger partial charge is 0.383 e. The number of aromatic nitrogens is 2. The molecular weight excluding hydrogens is 246 g/mol. The summed E-state index contributed by atoms with van der Waals surface area (Å²) >= 11 is 0. The summed E-state index contributed by atoms with van der Waals surface area (Å²) in [6.45, 7) is 6.20. The molecule has 0 saturated carbocycles. The van der Waals surface area contributed by atoms with Crippen LogP contribution in [0, 0.1) is 5.92 Å². The number of nitrogens with two attached hydrogens (primary N) is 1. The summed E-state index contributed by atoms with van der Waals surface area (Å²) in [6.07, 6.45) is 1.38. The van der Waals surface area contributed by atoms with Gasteiger partial charge in [0.25, 0.3) is 5.91 Å². The van der Waals surface area contributed by atoms with Gasteiger partial charge in [0.1, 0.15) is 17.4 Å². The highest BCUT2D eigenvalue weighted by molar-refractivity contribution is 6.00. The van der Waals surface area contributed by atoms with Crippen molar-refractivity contribution >= 4 is 17.6 Å². The third-order valence-electron chi connectivity index (χ3n) is 2.65. The third kappa shape index (κ3) is 3.97. The molecule has 7 heteroatoms. The van der Waals surface area contributed by atoms with E-state index in [-0.39, 0.29) is 17.3 Å². The summed E-state index contributed by atoms with van der Waals surface area (Å²) in [4.78, 5) is 23.6. The molecule has 4 N–H and O–H groups in total. The monoisotopic (exact) mass is 267 g/mol. The summed E-state index contributed by atoms with van der Waals surface area (Å²) in [6, 6.07) is -0.620. The van der Waals surface area contributed by atoms with Crippen LogP contribution in [0.15, 0.2) is 6.20 Å². The van der Waals surface area contributed by atoms with Crippen LogP contribution in [-0.4, -0.2) is 34.2 Å². The Hall–Kier alpha value is -2.05. The predicted molar refractivity (Wildman–Crippen MR) is 72.4 cm³/mol. The fourth-order valence-corrected chi connectivity index (χ4v) is 1.42. The molecular formula is C12H21N5O2. The maximum Gasteiger partial charge on any atom is 0.257 e. The second-order valence-electron chi connectivity index (χ2n) is 4.90. The Labute approximate surface area is 112 Å². The molecule has 0 radical (unpaired) electrons. The van der Waals surface area contributed by atoms with Crippen LogP contribution in [0.2, 0.25) is 0 Å². The Balaban J connectivity index is 2.57. The number of hydrogen-bond acceptors (Lipinski definition) is 4. The number of carbonyl (C=O) groups is 2. The lowest BCUT2D eigenvalue weighted by Gasteiger charge is -2.15. The first-order valence-electron chi connectivity index (χ1n) is 6.19. The lowest BCUT2D eigenvalue weighted by Crippen LogP contribution is -2.45. The van der Waals surface area contributed by atoms with Gasteiger partial charge in [0.05, 0.1) is 6.20 Å². The number of aryl methyl sites for hydroxylation is 1. The first kappa shape index (κ1) is 15.0. The number of nitrogen functional groups attached to an aromatic ring is 1. The van der Waals surface area contributed by atoms with Gasteiger partial charge in [0.2, 0.25) is 5.91 Å². The van der Waals surface area contributed by atoms with Crippen LogP contribution in [0.4, 0.5) is 5.82 Å². The van der Waals surface area contributed by atoms with E-state index in [1.807, 2.05) is 13.8 Å². The minimum absolute atomic E-state index is 0.218. The minimum atomic E-state index is -0.620. The molecule has 1 aromatic rings. The Morgan fingerprint density at radius 3 is 2.53 bits per heavy atom. The zero-order chi connectivity index (χ0) is 14.6. The summed E-state index contributed by atoms with van der Waals surface area (Å²) in [7, 11) is 1.64. The molecule has 0 aromatic carbocycles. The number of carbonyl (C=O) groups excluding carboxylic acids is 2. The first-order valence-corrected chi connectivity index (χ1v) is 6.19. The Morgan fingerprint density at radius 2 is 2.05 bits per heavy atom. The smallest absolute Gasteiger partial charge is 0.257 e. The van der Waals surface area contributed by atoms with Crippen molar-refractivity contribution in [1.29, 1.82) is 0 Å². The average Bonchev–Trinajstić information content (AvgIpc) is 2.66. The lowest BCUT2D eigenvalue weighted by molar-refractivity contribution is -0.122. The first-order chi connectivity index (χ1) is 8.82. The van der Waals surface area contributed by atoms with Crippen LogP contribution in [0.3, 0.4) is 0 Å². The number of nitrogens with one attached hydrogen (secondary N) is 2. The van der Waals surface area contributed by atoms with Crippen molar-refractivity contribution in [3.63, 3.8) is 0 Å². The van der Waals surface area contributed by atoms with Crippen molar-refractivity contribution in [3.8, 4) is 0 Å². The lowest BCUT2D eigenvalue weighted by atomic mass is 10.2. The van der Waals surface area contributed by atoms with E-state index >= 15 is 0 Å². The van der Waals surface area contributed by atoms with Crippen LogP contribution in [0.1, 0.15) is 31.1 Å². The van der Waals surface area contributed by atoms with E-state index in [2.05, 4.69) is 15.7 Å². The predicted octanol–water partition coefficient (Wildman–Crippen LogP) is -0.107. The Kier molecular flexibility index (Phi) is 4.91. The topological polar surface area (TPSA) is 102 Å². The number of anilines is 1. The maximum absolute atomic E-state index is 11.9. The van der Waals surface area contributed by atoms with Crippen molar-refractivity contribution in [1.82, 2.24) is 20.4 Å². The molecule has 106 valence electrons. The number of amides is 2. The molecule has 1 rings (SSSR count). The highest BCUT2D eigenvalue weighted by Gasteiger charge is 2.19. The van der Waals surface area contributed by atoms with E-state index in [1.165, 1.54) is 10.9 Å². The molecule has 1 atom stereocenters. The van der Waals surface area contributed by atoms with E-state index < -0.39 is 11.9 Å². The van der Waals surface area contributed by atoms with Gasteiger partial charge in [0, 0.05) is 13.6 Å². The van der Waals surface area contributed by atoms with Gasteiger partial charge in [-0.25, -0.2) is 0 Å². The second-order valence-corrected chi connectivity index (χ2v) is 4.90. The summed E-state index contributed by atoms with van der Waals surface area (Å²) in [5.74, 6) is 0.00964. The molecule has 1 aromatic heterocycles. The molecule has 0 aliphatic heterocycles. The highest BCUT2D eigenvalue weighted by Crippen LogP contribution is 2.08. The number of nitrogens with zero attached hydrogens (tertiary/aromatic N) is 2. The molecule has 1 unspecified atom stereocenters. The van der Waals surface area contributed by atoms with Crippen LogP contribution < -0.4 is 16.4 Å². The van der Waals surface area contributed by atoms with E-state index in [1.54, 1.807) is 14.0 Å². The van der Waals surface area contributed by atoms with Crippen molar-refractivity contribution in [3.05, 3.63) is 11.8 Å². The van der Waals surface area contributed by atoms with Gasteiger partial charge in [-0.05, 0) is 12.8 Å². The molecule has 0 fully saturated rings. The standard InChI is InChI=1S/C12H21N5O2/c1-7(2)5-14-11(18)8(3)16-12(19)9-6-15-17(4)10(9)13/h6-8H,5,13H2,1-4H3,(H,14,18)(H,16,19). The average molecular weight is 267 g/mol. The van der Waals surface area contributed by atoms with Crippen molar-refractivity contribution < 1.29 is 9.59 Å². The van der Waals surface area contributed by atoms with Gasteiger partial charge in [0.15, 0.2) is 0 Å². The van der Waals surface area contributed by atoms with Crippen LogP contribution in [0.25, 0.3) is 0 Å². The molecule has 0 aliphatic rings. The Morgan fingerprint density at radius 1 is 1.42 bits per heavy atom. The van der Waals surface area contributed by atoms with Gasteiger partial charge in [-0.2, -0.15) is 5.10 Å². The number of hydrogen-bond donors (Lipinski definition) is 3. The van der Waals surface area contributed by atoms with E-state index in [0.29, 0.717) is 12.5 Å². The molecule has 0 spiro atoms. The van der Waals surface area contributed by atoms with Crippen LogP contribution >= 0.6 is 0 Å². The van der Waals surface area contributed by atoms with Crippen LogP contribution in [-0.2, 0) is 11.8 Å². The van der Waals surface area contributed by atoms with Gasteiger partial charge < -0.3 is 16.4 Å². The van der Waals surface area contributed by atoms with E-state index in [4.69, 9.17) is 5.73 Å². The molecule has 0 saturated heterocycles. The molecule has 2 amide bonds. The van der Waals surface area contributed by atoms with Gasteiger partial charge in [-0.1, -0.05) is 13.8 Å². The Bertz CT molecular complexity index is 467. The molecule has 0 aliphatic carbocycles. The van der Waals surface area contributed by atoms with E-state index in [0.717, 1.165) is 0 Å². The van der Waals surface area contributed by atoms with Crippen molar-refractivity contribution in [2.45, 2.75) is 26.8 Å². The van der Waals surface area contributed by atoms with Crippen molar-refractivity contribution in [2.75, 3.05) is 12.3 Å². The second kappa shape index (κ2) is 6.21. The number of rotatable bonds is 5. The molecule has 0 bridgehead atoms. The quantitative estimate of drug-likeness (QED) is 0.693. The summed E-state index contributed by atoms with van der Waals surface area (Å²) < 4.78 is 1.40. The van der Waals surface area contributed by atoms with Crippen molar-refractivity contribution in [2.24, 2.45) is 13.0 Å². The normalized spacial score (nSPS) is 12.3.